The summed E-state index contributed by atoms with van der Waals surface area (Å²) < 4.78 is 0. The van der Waals surface area contributed by atoms with Crippen LogP contribution in [0.3, 0.4) is 0 Å². The van der Waals surface area contributed by atoms with Gasteiger partial charge < -0.3 is 16.3 Å². The Balaban J connectivity index is 2.34. The van der Waals surface area contributed by atoms with Crippen molar-refractivity contribution in [3.05, 3.63) is 46.1 Å². The Morgan fingerprint density at radius 1 is 1.33 bits per heavy atom. The average Bonchev–Trinajstić information content (AvgIpc) is 2.84. The Hall–Kier alpha value is -2.83. The van der Waals surface area contributed by atoms with Crippen LogP contribution in [0.25, 0.3) is 0 Å². The van der Waals surface area contributed by atoms with Crippen molar-refractivity contribution in [2.75, 3.05) is 5.32 Å². The van der Waals surface area contributed by atoms with Crippen LogP contribution in [0, 0.1) is 20.8 Å². The molecule has 1 amide bonds. The number of anilines is 1. The van der Waals surface area contributed by atoms with Crippen LogP contribution in [0.15, 0.2) is 23.5 Å². The largest absolute Gasteiger partial charge is 0.409 e. The molecule has 0 spiro atoms. The molecule has 5 N–H and O–H groups in total. The number of amidine groups is 1. The number of nitrogens with two attached hydrogens (primary N) is 1. The maximum Gasteiger partial charge on any atom is 0.257 e. The minimum atomic E-state index is -0.277. The van der Waals surface area contributed by atoms with Gasteiger partial charge in [0.05, 0.1) is 11.8 Å². The summed E-state index contributed by atoms with van der Waals surface area (Å²) in [7, 11) is 0. The van der Waals surface area contributed by atoms with Crippen LogP contribution < -0.4 is 11.1 Å². The highest BCUT2D eigenvalue weighted by Gasteiger charge is 2.17. The first-order valence-electron chi connectivity index (χ1n) is 6.34. The van der Waals surface area contributed by atoms with Crippen molar-refractivity contribution in [2.24, 2.45) is 10.9 Å². The van der Waals surface area contributed by atoms with Crippen molar-refractivity contribution in [3.63, 3.8) is 0 Å². The topological polar surface area (TPSA) is 116 Å². The molecular formula is C14H17N5O2. The number of nitrogens with one attached hydrogen (secondary N) is 2. The molecular weight excluding hydrogens is 270 g/mol. The molecule has 1 heterocycles. The smallest absolute Gasteiger partial charge is 0.257 e. The number of aromatic nitrogens is 2. The third kappa shape index (κ3) is 2.86. The van der Waals surface area contributed by atoms with E-state index in [-0.39, 0.29) is 17.6 Å². The molecule has 0 atom stereocenters. The highest BCUT2D eigenvalue weighted by atomic mass is 16.4. The van der Waals surface area contributed by atoms with Gasteiger partial charge in [-0.05, 0) is 31.9 Å². The molecule has 0 radical (unpaired) electrons. The first-order valence-corrected chi connectivity index (χ1v) is 6.34. The highest BCUT2D eigenvalue weighted by Crippen LogP contribution is 2.19. The second-order valence-corrected chi connectivity index (χ2v) is 4.87. The van der Waals surface area contributed by atoms with Gasteiger partial charge in [0.25, 0.3) is 5.91 Å². The second-order valence-electron chi connectivity index (χ2n) is 4.87. The Morgan fingerprint density at radius 3 is 2.52 bits per heavy atom. The van der Waals surface area contributed by atoms with Gasteiger partial charge in [-0.1, -0.05) is 22.9 Å². The maximum atomic E-state index is 12.4. The minimum absolute atomic E-state index is 0.128. The Bertz CT molecular complexity index is 695. The third-order valence-electron chi connectivity index (χ3n) is 3.17. The molecule has 0 fully saturated rings. The average molecular weight is 287 g/mol. The number of nitrogens with zero attached hydrogens (tertiary/aromatic N) is 2. The van der Waals surface area contributed by atoms with Gasteiger partial charge in [0.1, 0.15) is 5.82 Å². The van der Waals surface area contributed by atoms with Crippen LogP contribution in [0.2, 0.25) is 0 Å². The van der Waals surface area contributed by atoms with Crippen LogP contribution in [0.5, 0.6) is 0 Å². The van der Waals surface area contributed by atoms with Gasteiger partial charge in [0.2, 0.25) is 0 Å². The van der Waals surface area contributed by atoms with Gasteiger partial charge in [-0.15, -0.1) is 0 Å². The van der Waals surface area contributed by atoms with Gasteiger partial charge in [-0.25, -0.2) is 0 Å². The van der Waals surface area contributed by atoms with Crippen molar-refractivity contribution < 1.29 is 10.0 Å². The number of carbonyl (C=O) groups excluding carboxylic acids is 1. The number of carbonyl (C=O) groups is 1. The molecule has 2 rings (SSSR count). The van der Waals surface area contributed by atoms with Gasteiger partial charge >= 0.3 is 0 Å². The van der Waals surface area contributed by atoms with Crippen molar-refractivity contribution in [1.29, 1.82) is 0 Å². The third-order valence-corrected chi connectivity index (χ3v) is 3.17. The van der Waals surface area contributed by atoms with Crippen molar-refractivity contribution in [2.45, 2.75) is 20.8 Å². The van der Waals surface area contributed by atoms with Crippen LogP contribution >= 0.6 is 0 Å². The van der Waals surface area contributed by atoms with Crippen LogP contribution in [0.4, 0.5) is 5.82 Å². The highest BCUT2D eigenvalue weighted by molar-refractivity contribution is 6.10. The summed E-state index contributed by atoms with van der Waals surface area (Å²) in [6.45, 7) is 5.74. The molecule has 7 nitrogen and oxygen atoms in total. The SMILES string of the molecule is Cc1cc(C)c(C(=O)Nc2[nH]ncc2C(N)=NO)c(C)c1. The van der Waals surface area contributed by atoms with Crippen molar-refractivity contribution in [1.82, 2.24) is 10.2 Å². The molecule has 0 bridgehead atoms. The first kappa shape index (κ1) is 14.6. The van der Waals surface area contributed by atoms with E-state index in [1.807, 2.05) is 32.9 Å². The number of hydrogen-bond acceptors (Lipinski definition) is 4. The molecule has 110 valence electrons. The zero-order chi connectivity index (χ0) is 15.6. The lowest BCUT2D eigenvalue weighted by molar-refractivity contribution is 0.102. The standard InChI is InChI=1S/C14H17N5O2/c1-7-4-8(2)11(9(3)5-7)14(20)17-13-10(6-16-18-13)12(15)19-21/h4-6,21H,1-3H3,(H2,15,19)(H2,16,17,18,20). The van der Waals surface area contributed by atoms with Gasteiger partial charge in [-0.3, -0.25) is 9.89 Å². The lowest BCUT2D eigenvalue weighted by Gasteiger charge is -2.11. The summed E-state index contributed by atoms with van der Waals surface area (Å²) in [6.07, 6.45) is 1.37. The molecule has 0 unspecified atom stereocenters. The minimum Gasteiger partial charge on any atom is -0.409 e. The van der Waals surface area contributed by atoms with E-state index in [1.165, 1.54) is 6.20 Å². The summed E-state index contributed by atoms with van der Waals surface area (Å²) in [6, 6.07) is 3.89. The molecule has 0 aliphatic heterocycles. The van der Waals surface area contributed by atoms with E-state index in [0.29, 0.717) is 11.1 Å². The molecule has 21 heavy (non-hydrogen) atoms. The summed E-state index contributed by atoms with van der Waals surface area (Å²) >= 11 is 0. The summed E-state index contributed by atoms with van der Waals surface area (Å²) in [5, 5.41) is 20.7. The van der Waals surface area contributed by atoms with Gasteiger partial charge in [0, 0.05) is 5.56 Å². The zero-order valence-corrected chi connectivity index (χ0v) is 12.1. The van der Waals surface area contributed by atoms with Crippen molar-refractivity contribution in [3.8, 4) is 0 Å². The number of H-pyrrole nitrogens is 1. The fourth-order valence-electron chi connectivity index (χ4n) is 2.34. The van der Waals surface area contributed by atoms with Gasteiger partial charge in [0.15, 0.2) is 5.84 Å². The monoisotopic (exact) mass is 287 g/mol. The van der Waals surface area contributed by atoms with E-state index in [0.717, 1.165) is 16.7 Å². The van der Waals surface area contributed by atoms with Crippen LogP contribution in [-0.2, 0) is 0 Å². The lowest BCUT2D eigenvalue weighted by Crippen LogP contribution is -2.20. The number of aromatic amines is 1. The molecule has 0 aliphatic rings. The fourth-order valence-corrected chi connectivity index (χ4v) is 2.34. The predicted molar refractivity (Wildman–Crippen MR) is 79.7 cm³/mol. The number of amides is 1. The zero-order valence-electron chi connectivity index (χ0n) is 12.1. The number of hydrogen-bond donors (Lipinski definition) is 4. The van der Waals surface area contributed by atoms with E-state index in [1.54, 1.807) is 0 Å². The second kappa shape index (κ2) is 5.66. The van der Waals surface area contributed by atoms with E-state index in [9.17, 15) is 4.79 Å². The number of rotatable bonds is 3. The number of oxime groups is 1. The molecule has 1 aromatic carbocycles. The summed E-state index contributed by atoms with van der Waals surface area (Å²) in [5.74, 6) is -0.118. The van der Waals surface area contributed by atoms with Crippen molar-refractivity contribution >= 4 is 17.6 Å². The Morgan fingerprint density at radius 2 is 1.95 bits per heavy atom. The maximum absolute atomic E-state index is 12.4. The van der Waals surface area contributed by atoms with Crippen LogP contribution in [-0.4, -0.2) is 27.1 Å². The van der Waals surface area contributed by atoms with Gasteiger partial charge in [-0.2, -0.15) is 5.10 Å². The molecule has 2 aromatic rings. The molecule has 0 aliphatic carbocycles. The van der Waals surface area contributed by atoms with E-state index in [4.69, 9.17) is 10.9 Å². The molecule has 7 heteroatoms. The molecule has 0 saturated heterocycles. The lowest BCUT2D eigenvalue weighted by atomic mass is 9.99. The summed E-state index contributed by atoms with van der Waals surface area (Å²) in [5.41, 5.74) is 9.31. The van der Waals surface area contributed by atoms with E-state index < -0.39 is 0 Å². The number of benzene rings is 1. The normalized spacial score (nSPS) is 11.5. The molecule has 1 aromatic heterocycles. The van der Waals surface area contributed by atoms with E-state index >= 15 is 0 Å². The predicted octanol–water partition coefficient (Wildman–Crippen LogP) is 1.68. The van der Waals surface area contributed by atoms with E-state index in [2.05, 4.69) is 20.7 Å². The fraction of sp³-hybridized carbons (Fsp3) is 0.214. The Labute approximate surface area is 121 Å². The summed E-state index contributed by atoms with van der Waals surface area (Å²) in [4.78, 5) is 12.4. The van der Waals surface area contributed by atoms with Crippen LogP contribution in [0.1, 0.15) is 32.6 Å². The Kier molecular flexibility index (Phi) is 3.93. The quantitative estimate of drug-likeness (QED) is 0.297. The molecule has 0 saturated carbocycles. The number of aryl methyl sites for hydroxylation is 3. The first-order chi connectivity index (χ1) is 9.93.